The molecule has 7 N–H and O–H groups in total. The average Bonchev–Trinajstić information content (AvgIpc) is 3.97. The molecule has 3 saturated heterocycles. The van der Waals surface area contributed by atoms with Gasteiger partial charge in [-0.1, -0.05) is 72.8 Å². The molecule has 68 heavy (non-hydrogen) atoms. The lowest BCUT2D eigenvalue weighted by atomic mass is 9.61. The number of aliphatic hydroxyl groups excluding tert-OH is 1. The highest BCUT2D eigenvalue weighted by Crippen LogP contribution is 2.58. The Morgan fingerprint density at radius 2 is 1.59 bits per heavy atom. The lowest BCUT2D eigenvalue weighted by Gasteiger charge is -2.40. The average molecular weight is 972 g/mol. The summed E-state index contributed by atoms with van der Waals surface area (Å²) in [5, 5.41) is 30.8. The molecular formula is C51H61Cl2FN8O6. The summed E-state index contributed by atoms with van der Waals surface area (Å²) in [5.41, 5.74) is 2.92. The van der Waals surface area contributed by atoms with E-state index in [4.69, 9.17) is 23.2 Å². The number of aliphatic hydroxyl groups is 1. The minimum atomic E-state index is -1.29. The summed E-state index contributed by atoms with van der Waals surface area (Å²) in [4.78, 5) is 71.3. The van der Waals surface area contributed by atoms with Crippen molar-refractivity contribution >= 4 is 64.1 Å². The number of carbonyl (C=O) groups excluding carboxylic acids is 5. The van der Waals surface area contributed by atoms with Crippen LogP contribution in [0, 0.1) is 17.7 Å². The van der Waals surface area contributed by atoms with Crippen molar-refractivity contribution in [2.75, 3.05) is 36.8 Å². The molecule has 5 heterocycles. The second-order valence-electron chi connectivity index (χ2n) is 20.1. The van der Waals surface area contributed by atoms with E-state index in [2.05, 4.69) is 36.8 Å². The van der Waals surface area contributed by atoms with Crippen LogP contribution in [-0.4, -0.2) is 101 Å². The molecule has 5 fully saturated rings. The first kappa shape index (κ1) is 47.1. The number of rotatable bonds is 11. The van der Waals surface area contributed by atoms with Gasteiger partial charge in [0.25, 0.3) is 0 Å². The van der Waals surface area contributed by atoms with Crippen LogP contribution in [0.5, 0.6) is 0 Å². The quantitative estimate of drug-likeness (QED) is 0.113. The van der Waals surface area contributed by atoms with Gasteiger partial charge in [-0.05, 0) is 105 Å². The SMILES string of the molecule is O=C1CCC(N2Cc3c(NC4CCN(CCNC(=O)[C@H]5CC[C@H](NC(=O)[C@@H]6NC(C7CCCCC7)[C@@]7(C(=O)Nc8cc(Cl)ccc87)[C@H]6c6cccc(Cl)c6F)CC5)CC4)cccc3C2O)C(=O)N1. The van der Waals surface area contributed by atoms with E-state index in [1.54, 1.807) is 29.2 Å². The van der Waals surface area contributed by atoms with E-state index in [0.717, 1.165) is 81.4 Å². The number of fused-ring (bicyclic) bond motifs is 3. The number of benzene rings is 3. The van der Waals surface area contributed by atoms with Crippen molar-refractivity contribution in [1.29, 1.82) is 0 Å². The summed E-state index contributed by atoms with van der Waals surface area (Å²) in [6, 6.07) is 14.1. The van der Waals surface area contributed by atoms with Gasteiger partial charge in [-0.2, -0.15) is 0 Å². The fraction of sp³-hybridized carbons (Fsp3) is 0.549. The lowest BCUT2D eigenvalue weighted by Crippen LogP contribution is -2.52. The Hall–Kier alpha value is -4.64. The highest BCUT2D eigenvalue weighted by Gasteiger charge is 2.67. The number of amides is 5. The van der Waals surface area contributed by atoms with Gasteiger partial charge >= 0.3 is 0 Å². The number of imide groups is 1. The van der Waals surface area contributed by atoms with Crippen molar-refractivity contribution in [3.8, 4) is 0 Å². The van der Waals surface area contributed by atoms with E-state index in [1.807, 2.05) is 24.3 Å². The largest absolute Gasteiger partial charge is 0.382 e. The van der Waals surface area contributed by atoms with E-state index >= 15 is 4.39 Å². The fourth-order valence-electron chi connectivity index (χ4n) is 12.9. The Morgan fingerprint density at radius 3 is 2.35 bits per heavy atom. The predicted octanol–water partition coefficient (Wildman–Crippen LogP) is 6.01. The summed E-state index contributed by atoms with van der Waals surface area (Å²) in [5.74, 6) is -2.82. The molecule has 2 aliphatic carbocycles. The molecule has 3 unspecified atom stereocenters. The van der Waals surface area contributed by atoms with E-state index in [-0.39, 0.29) is 70.5 Å². The standard InChI is InChI=1S/C51H61Cl2FN8O6/c52-30-14-17-36-39(26-30)58-50(68)51(36)42(34-9-4-10-37(53)43(34)54)44(60-45(51)28-6-2-1-3-7-28)48(66)57-31-15-12-29(13-16-31)46(64)55-22-25-61-23-20-32(21-24-61)56-38-11-5-8-33-35(38)27-62(49(33)67)40-18-19-41(63)59-47(40)65/h4-5,8-11,14,17,26,28-29,31-32,40,42,44-45,49,56,60,67H,1-3,6-7,12-13,15-16,18-25,27H2,(H,55,64)(H,57,66)(H,58,68)(H,59,63,65)/t29-,31-,40?,42-,44+,45?,49?,51-/m0/s1. The van der Waals surface area contributed by atoms with Crippen LogP contribution in [0.25, 0.3) is 0 Å². The Morgan fingerprint density at radius 1 is 0.838 bits per heavy atom. The maximum Gasteiger partial charge on any atom is 0.244 e. The zero-order valence-electron chi connectivity index (χ0n) is 38.1. The molecule has 362 valence electrons. The number of nitrogens with one attached hydrogen (secondary N) is 6. The van der Waals surface area contributed by atoms with Crippen molar-refractivity contribution in [2.24, 2.45) is 11.8 Å². The van der Waals surface area contributed by atoms with Crippen LogP contribution in [0.2, 0.25) is 10.0 Å². The summed E-state index contributed by atoms with van der Waals surface area (Å²) < 4.78 is 16.3. The van der Waals surface area contributed by atoms with Crippen molar-refractivity contribution in [2.45, 2.75) is 138 Å². The number of carbonyl (C=O) groups is 5. The van der Waals surface area contributed by atoms with E-state index in [0.29, 0.717) is 61.5 Å². The number of halogens is 3. The van der Waals surface area contributed by atoms with Crippen molar-refractivity contribution in [3.05, 3.63) is 92.7 Å². The highest BCUT2D eigenvalue weighted by molar-refractivity contribution is 6.31. The number of nitrogens with zero attached hydrogens (tertiary/aromatic N) is 2. The van der Waals surface area contributed by atoms with Crippen molar-refractivity contribution in [3.63, 3.8) is 0 Å². The van der Waals surface area contributed by atoms with Crippen molar-refractivity contribution < 1.29 is 33.5 Å². The van der Waals surface area contributed by atoms with Crippen LogP contribution in [0.4, 0.5) is 15.8 Å². The fourth-order valence-corrected chi connectivity index (χ4v) is 13.2. The molecule has 1 spiro atoms. The summed E-state index contributed by atoms with van der Waals surface area (Å²) in [6.07, 6.45) is 8.91. The minimum Gasteiger partial charge on any atom is -0.382 e. The van der Waals surface area contributed by atoms with Crippen LogP contribution in [0.15, 0.2) is 54.6 Å². The molecule has 0 radical (unpaired) electrons. The third-order valence-electron chi connectivity index (χ3n) is 16.3. The van der Waals surface area contributed by atoms with Crippen LogP contribution in [0.3, 0.4) is 0 Å². The molecule has 0 bridgehead atoms. The highest BCUT2D eigenvalue weighted by atomic mass is 35.5. The second kappa shape index (κ2) is 19.6. The van der Waals surface area contributed by atoms with Crippen LogP contribution >= 0.6 is 23.2 Å². The summed E-state index contributed by atoms with van der Waals surface area (Å²) >= 11 is 12.9. The maximum absolute atomic E-state index is 16.3. The topological polar surface area (TPSA) is 184 Å². The Labute approximate surface area is 406 Å². The summed E-state index contributed by atoms with van der Waals surface area (Å²) in [7, 11) is 0. The molecular weight excluding hydrogens is 911 g/mol. The van der Waals surface area contributed by atoms with Gasteiger partial charge in [0.05, 0.1) is 17.1 Å². The van der Waals surface area contributed by atoms with Crippen LogP contribution in [0.1, 0.15) is 118 Å². The maximum atomic E-state index is 16.3. The van der Waals surface area contributed by atoms with Crippen LogP contribution in [-0.2, 0) is 35.9 Å². The molecule has 10 rings (SSSR count). The van der Waals surface area contributed by atoms with Gasteiger partial charge in [-0.25, -0.2) is 4.39 Å². The Balaban J connectivity index is 0.724. The lowest BCUT2D eigenvalue weighted by molar-refractivity contribution is -0.142. The van der Waals surface area contributed by atoms with Gasteiger partial charge in [-0.15, -0.1) is 0 Å². The molecule has 0 aromatic heterocycles. The van der Waals surface area contributed by atoms with E-state index in [9.17, 15) is 29.1 Å². The molecule has 5 aliphatic heterocycles. The van der Waals surface area contributed by atoms with Gasteiger partial charge in [0.1, 0.15) is 17.5 Å². The first-order chi connectivity index (χ1) is 32.9. The number of piperidine rings is 2. The van der Waals surface area contributed by atoms with Gasteiger partial charge in [-0.3, -0.25) is 34.2 Å². The molecule has 7 aliphatic rings. The first-order valence-electron chi connectivity index (χ1n) is 24.7. The molecule has 3 aromatic carbocycles. The van der Waals surface area contributed by atoms with Crippen molar-refractivity contribution in [1.82, 2.24) is 31.1 Å². The van der Waals surface area contributed by atoms with Gasteiger partial charge in [0.15, 0.2) is 0 Å². The summed E-state index contributed by atoms with van der Waals surface area (Å²) in [6.45, 7) is 3.43. The predicted molar refractivity (Wildman–Crippen MR) is 256 cm³/mol. The van der Waals surface area contributed by atoms with Gasteiger partial charge in [0.2, 0.25) is 29.5 Å². The number of hydrogen-bond donors (Lipinski definition) is 7. The third-order valence-corrected chi connectivity index (χ3v) is 16.8. The molecule has 3 aromatic rings. The monoisotopic (exact) mass is 970 g/mol. The number of anilines is 2. The Kier molecular flexibility index (Phi) is 13.6. The van der Waals surface area contributed by atoms with Gasteiger partial charge < -0.3 is 36.6 Å². The van der Waals surface area contributed by atoms with Gasteiger partial charge in [0, 0.05) is 91.1 Å². The Bertz CT molecular complexity index is 2460. The normalized spacial score (nSPS) is 30.2. The smallest absolute Gasteiger partial charge is 0.244 e. The second-order valence-corrected chi connectivity index (χ2v) is 21.0. The molecule has 5 amide bonds. The van der Waals surface area contributed by atoms with E-state index < -0.39 is 41.5 Å². The number of hydrogen-bond acceptors (Lipinski definition) is 10. The first-order valence-corrected chi connectivity index (χ1v) is 25.4. The van der Waals surface area contributed by atoms with E-state index in [1.165, 1.54) is 6.07 Å². The number of likely N-dealkylation sites (tertiary alicyclic amines) is 1. The molecule has 14 nitrogen and oxygen atoms in total. The third kappa shape index (κ3) is 8.80. The van der Waals surface area contributed by atoms with Crippen LogP contribution < -0.4 is 31.9 Å². The minimum absolute atomic E-state index is 0.0232. The zero-order chi connectivity index (χ0) is 47.3. The molecule has 2 saturated carbocycles. The zero-order valence-corrected chi connectivity index (χ0v) is 39.6. The molecule has 17 heteroatoms. The molecule has 6 atom stereocenters.